The summed E-state index contributed by atoms with van der Waals surface area (Å²) in [5, 5.41) is 2.39. The second-order valence-electron chi connectivity index (χ2n) is 5.71. The van der Waals surface area contributed by atoms with Gasteiger partial charge in [0, 0.05) is 6.04 Å². The molecule has 1 N–H and O–H groups in total. The van der Waals surface area contributed by atoms with E-state index < -0.39 is 11.4 Å². The summed E-state index contributed by atoms with van der Waals surface area (Å²) >= 11 is 0. The molecular weight excluding hydrogens is 244 g/mol. The van der Waals surface area contributed by atoms with Crippen LogP contribution in [0.5, 0.6) is 0 Å². The molecule has 2 rings (SSSR count). The first-order valence-corrected chi connectivity index (χ1v) is 7.22. The van der Waals surface area contributed by atoms with E-state index >= 15 is 0 Å². The molecule has 1 unspecified atom stereocenters. The first kappa shape index (κ1) is 14.0. The molecule has 1 aliphatic heterocycles. The van der Waals surface area contributed by atoms with Crippen molar-refractivity contribution < 1.29 is 14.4 Å². The van der Waals surface area contributed by atoms with E-state index in [1.165, 1.54) is 4.90 Å². The predicted octanol–water partition coefficient (Wildman–Crippen LogP) is 2.20. The van der Waals surface area contributed by atoms with E-state index in [2.05, 4.69) is 5.32 Å². The van der Waals surface area contributed by atoms with Gasteiger partial charge in [-0.15, -0.1) is 0 Å². The highest BCUT2D eigenvalue weighted by Gasteiger charge is 2.54. The Morgan fingerprint density at radius 2 is 1.84 bits per heavy atom. The zero-order valence-electron chi connectivity index (χ0n) is 11.7. The largest absolute Gasteiger partial charge is 0.331 e. The van der Waals surface area contributed by atoms with Crippen LogP contribution in [0.4, 0.5) is 4.79 Å². The third-order valence-electron chi connectivity index (χ3n) is 4.36. The average Bonchev–Trinajstić information content (AvgIpc) is 2.38. The number of hydrogen-bond acceptors (Lipinski definition) is 3. The van der Waals surface area contributed by atoms with Gasteiger partial charge in [-0.3, -0.25) is 19.8 Å². The molecule has 0 radical (unpaired) electrons. The molecule has 1 atom stereocenters. The predicted molar refractivity (Wildman–Crippen MR) is 70.3 cm³/mol. The quantitative estimate of drug-likeness (QED) is 0.796. The minimum atomic E-state index is -0.978. The number of imide groups is 2. The van der Waals surface area contributed by atoms with Crippen LogP contribution in [0.1, 0.15) is 58.8 Å². The van der Waals surface area contributed by atoms with Gasteiger partial charge in [-0.1, -0.05) is 32.6 Å². The summed E-state index contributed by atoms with van der Waals surface area (Å²) in [7, 11) is 0. The lowest BCUT2D eigenvalue weighted by atomic mass is 9.71. The lowest BCUT2D eigenvalue weighted by molar-refractivity contribution is -0.155. The lowest BCUT2D eigenvalue weighted by Gasteiger charge is -2.43. The van der Waals surface area contributed by atoms with E-state index in [4.69, 9.17) is 0 Å². The summed E-state index contributed by atoms with van der Waals surface area (Å²) in [6.07, 6.45) is 5.62. The SMILES string of the molecule is CCCC(C)N1C(=O)NC(=O)C2(CCCCC2)C1=O. The van der Waals surface area contributed by atoms with Crippen LogP contribution in [0.2, 0.25) is 0 Å². The lowest BCUT2D eigenvalue weighted by Crippen LogP contribution is -2.66. The van der Waals surface area contributed by atoms with Gasteiger partial charge in [0.05, 0.1) is 0 Å². The minimum Gasteiger partial charge on any atom is -0.277 e. The molecule has 0 bridgehead atoms. The number of carbonyl (C=O) groups excluding carboxylic acids is 3. The number of nitrogens with one attached hydrogen (secondary N) is 1. The number of nitrogens with zero attached hydrogens (tertiary/aromatic N) is 1. The molecule has 0 aromatic rings. The van der Waals surface area contributed by atoms with E-state index in [9.17, 15) is 14.4 Å². The molecule has 5 heteroatoms. The van der Waals surface area contributed by atoms with Crippen LogP contribution >= 0.6 is 0 Å². The van der Waals surface area contributed by atoms with Crippen LogP contribution in [0.15, 0.2) is 0 Å². The van der Waals surface area contributed by atoms with Gasteiger partial charge in [0.25, 0.3) is 0 Å². The summed E-state index contributed by atoms with van der Waals surface area (Å²) in [4.78, 5) is 38.0. The van der Waals surface area contributed by atoms with Gasteiger partial charge in [-0.2, -0.15) is 0 Å². The fourth-order valence-corrected chi connectivity index (χ4v) is 3.24. The molecule has 1 spiro atoms. The van der Waals surface area contributed by atoms with Crippen molar-refractivity contribution in [2.45, 2.75) is 64.8 Å². The van der Waals surface area contributed by atoms with E-state index in [1.54, 1.807) is 0 Å². The van der Waals surface area contributed by atoms with Crippen LogP contribution in [-0.4, -0.2) is 28.8 Å². The second-order valence-corrected chi connectivity index (χ2v) is 5.71. The first-order valence-electron chi connectivity index (χ1n) is 7.22. The number of amides is 4. The van der Waals surface area contributed by atoms with E-state index in [-0.39, 0.29) is 17.9 Å². The molecule has 5 nitrogen and oxygen atoms in total. The van der Waals surface area contributed by atoms with Gasteiger partial charge in [0.1, 0.15) is 5.41 Å². The Balaban J connectivity index is 2.28. The number of urea groups is 1. The zero-order chi connectivity index (χ0) is 14.0. The van der Waals surface area contributed by atoms with Crippen molar-refractivity contribution in [2.75, 3.05) is 0 Å². The molecule has 1 heterocycles. The molecule has 19 heavy (non-hydrogen) atoms. The number of barbiturate groups is 1. The minimum absolute atomic E-state index is 0.149. The molecule has 0 aromatic carbocycles. The molecule has 106 valence electrons. The van der Waals surface area contributed by atoms with E-state index in [0.717, 1.165) is 32.1 Å². The molecule has 4 amide bonds. The topological polar surface area (TPSA) is 66.5 Å². The maximum absolute atomic E-state index is 12.7. The van der Waals surface area contributed by atoms with Crippen molar-refractivity contribution in [3.8, 4) is 0 Å². The highest BCUT2D eigenvalue weighted by molar-refractivity contribution is 6.19. The number of hydrogen-bond donors (Lipinski definition) is 1. The summed E-state index contributed by atoms with van der Waals surface area (Å²) in [6, 6.07) is -0.698. The second kappa shape index (κ2) is 5.31. The Bertz CT molecular complexity index is 399. The molecule has 1 aliphatic carbocycles. The summed E-state index contributed by atoms with van der Waals surface area (Å²) in [5.41, 5.74) is -0.978. The molecule has 2 fully saturated rings. The van der Waals surface area contributed by atoms with Crippen molar-refractivity contribution in [1.29, 1.82) is 0 Å². The smallest absolute Gasteiger partial charge is 0.277 e. The van der Waals surface area contributed by atoms with Gasteiger partial charge in [0.2, 0.25) is 11.8 Å². The Morgan fingerprint density at radius 1 is 1.21 bits per heavy atom. The van der Waals surface area contributed by atoms with Gasteiger partial charge in [-0.25, -0.2) is 4.79 Å². The first-order chi connectivity index (χ1) is 9.03. The number of rotatable bonds is 3. The highest BCUT2D eigenvalue weighted by atomic mass is 16.2. The summed E-state index contributed by atoms with van der Waals surface area (Å²) < 4.78 is 0. The maximum atomic E-state index is 12.7. The van der Waals surface area contributed by atoms with Crippen molar-refractivity contribution >= 4 is 17.8 Å². The van der Waals surface area contributed by atoms with E-state index in [1.807, 2.05) is 13.8 Å². The van der Waals surface area contributed by atoms with Gasteiger partial charge in [0.15, 0.2) is 0 Å². The van der Waals surface area contributed by atoms with Crippen LogP contribution in [0, 0.1) is 5.41 Å². The fraction of sp³-hybridized carbons (Fsp3) is 0.786. The normalized spacial score (nSPS) is 24.5. The molecule has 2 aliphatic rings. The van der Waals surface area contributed by atoms with Crippen molar-refractivity contribution in [3.63, 3.8) is 0 Å². The Morgan fingerprint density at radius 3 is 2.42 bits per heavy atom. The van der Waals surface area contributed by atoms with E-state index in [0.29, 0.717) is 12.8 Å². The van der Waals surface area contributed by atoms with Crippen LogP contribution < -0.4 is 5.32 Å². The summed E-state index contributed by atoms with van der Waals surface area (Å²) in [6.45, 7) is 3.89. The number of carbonyl (C=O) groups is 3. The van der Waals surface area contributed by atoms with Crippen molar-refractivity contribution in [3.05, 3.63) is 0 Å². The Kier molecular flexibility index (Phi) is 3.92. The monoisotopic (exact) mass is 266 g/mol. The van der Waals surface area contributed by atoms with Crippen LogP contribution in [0.25, 0.3) is 0 Å². The average molecular weight is 266 g/mol. The third kappa shape index (κ3) is 2.26. The van der Waals surface area contributed by atoms with Crippen molar-refractivity contribution in [2.24, 2.45) is 5.41 Å². The molecule has 1 saturated carbocycles. The molecular formula is C14H22N2O3. The van der Waals surface area contributed by atoms with Crippen molar-refractivity contribution in [1.82, 2.24) is 10.2 Å². The maximum Gasteiger partial charge on any atom is 0.331 e. The Hall–Kier alpha value is -1.39. The third-order valence-corrected chi connectivity index (χ3v) is 4.36. The standard InChI is InChI=1S/C14H22N2O3/c1-3-7-10(2)16-12(18)14(8-5-4-6-9-14)11(17)15-13(16)19/h10H,3-9H2,1-2H3,(H,15,17,19). The molecule has 0 aromatic heterocycles. The van der Waals surface area contributed by atoms with Gasteiger partial charge in [-0.05, 0) is 26.2 Å². The fourth-order valence-electron chi connectivity index (χ4n) is 3.24. The zero-order valence-corrected chi connectivity index (χ0v) is 11.7. The Labute approximate surface area is 113 Å². The van der Waals surface area contributed by atoms with Crippen LogP contribution in [-0.2, 0) is 9.59 Å². The molecule has 1 saturated heterocycles. The van der Waals surface area contributed by atoms with Gasteiger partial charge >= 0.3 is 6.03 Å². The highest BCUT2D eigenvalue weighted by Crippen LogP contribution is 2.40. The van der Waals surface area contributed by atoms with Gasteiger partial charge < -0.3 is 0 Å². The van der Waals surface area contributed by atoms with Crippen LogP contribution in [0.3, 0.4) is 0 Å². The summed E-state index contributed by atoms with van der Waals surface area (Å²) in [5.74, 6) is -0.663.